The number of anilines is 1. The van der Waals surface area contributed by atoms with Crippen molar-refractivity contribution in [2.45, 2.75) is 18.9 Å². The quantitative estimate of drug-likeness (QED) is 0.556. The van der Waals surface area contributed by atoms with Gasteiger partial charge in [0.15, 0.2) is 0 Å². The molecule has 0 amide bonds. The zero-order valence-electron chi connectivity index (χ0n) is 15.5. The number of phenols is 1. The van der Waals surface area contributed by atoms with Crippen LogP contribution >= 0.6 is 11.3 Å². The third kappa shape index (κ3) is 5.67. The van der Waals surface area contributed by atoms with Gasteiger partial charge in [0.25, 0.3) is 5.56 Å². The van der Waals surface area contributed by atoms with Crippen molar-refractivity contribution in [3.63, 3.8) is 0 Å². The van der Waals surface area contributed by atoms with Gasteiger partial charge in [0.05, 0.1) is 5.69 Å². The van der Waals surface area contributed by atoms with Gasteiger partial charge in [-0.15, -0.1) is 0 Å². The Morgan fingerprint density at radius 1 is 1.22 bits per heavy atom. The van der Waals surface area contributed by atoms with Crippen LogP contribution < -0.4 is 10.9 Å². The van der Waals surface area contributed by atoms with Crippen LogP contribution in [0.4, 0.5) is 5.95 Å². The maximum Gasteiger partial charge on any atom is 0.252 e. The molecule has 3 aromatic rings. The highest BCUT2D eigenvalue weighted by molar-refractivity contribution is 7.07. The predicted molar refractivity (Wildman–Crippen MR) is 110 cm³/mol. The van der Waals surface area contributed by atoms with E-state index in [2.05, 4.69) is 25.6 Å². The minimum absolute atomic E-state index is 0.155. The second-order valence-corrected chi connectivity index (χ2v) is 7.54. The van der Waals surface area contributed by atoms with Gasteiger partial charge in [0, 0.05) is 25.1 Å². The number of aromatic hydroxyl groups is 1. The standard InChI is InChI=1S/C20H24N4O2S/c1-24(2)17(10-14-3-5-18(25)6-4-14)12-21-20-22-16(11-19(26)23-20)9-15-7-8-27-13-15/h3-8,11,13,17,25H,9-10,12H2,1-2H3,(H2,21,22,23,26). The van der Waals surface area contributed by atoms with Crippen LogP contribution in [0.5, 0.6) is 5.75 Å². The van der Waals surface area contributed by atoms with E-state index in [4.69, 9.17) is 0 Å². The predicted octanol–water partition coefficient (Wildman–Crippen LogP) is 2.71. The molecular weight excluding hydrogens is 360 g/mol. The largest absolute Gasteiger partial charge is 0.508 e. The molecule has 3 rings (SSSR count). The summed E-state index contributed by atoms with van der Waals surface area (Å²) in [5.41, 5.74) is 2.89. The third-order valence-corrected chi connectivity index (χ3v) is 5.14. The van der Waals surface area contributed by atoms with Crippen molar-refractivity contribution < 1.29 is 5.11 Å². The Morgan fingerprint density at radius 2 is 2.00 bits per heavy atom. The fourth-order valence-corrected chi connectivity index (χ4v) is 3.51. The molecule has 0 aliphatic heterocycles. The number of aromatic amines is 1. The summed E-state index contributed by atoms with van der Waals surface area (Å²) >= 11 is 1.64. The molecule has 0 spiro atoms. The van der Waals surface area contributed by atoms with Crippen LogP contribution in [0.3, 0.4) is 0 Å². The Hall–Kier alpha value is -2.64. The third-order valence-electron chi connectivity index (χ3n) is 4.40. The summed E-state index contributed by atoms with van der Waals surface area (Å²) in [6.45, 7) is 0.638. The highest BCUT2D eigenvalue weighted by atomic mass is 32.1. The van der Waals surface area contributed by atoms with Gasteiger partial charge >= 0.3 is 0 Å². The molecule has 6 nitrogen and oxygen atoms in total. The number of benzene rings is 1. The maximum absolute atomic E-state index is 12.0. The first-order valence-corrected chi connectivity index (χ1v) is 9.73. The Labute approximate surface area is 162 Å². The Bertz CT molecular complexity index is 904. The van der Waals surface area contributed by atoms with Gasteiger partial charge in [-0.1, -0.05) is 12.1 Å². The molecular formula is C20H24N4O2S. The number of phenolic OH excluding ortho intramolecular Hbond substituents is 1. The average Bonchev–Trinajstić information content (AvgIpc) is 3.12. The Morgan fingerprint density at radius 3 is 2.67 bits per heavy atom. The number of rotatable bonds is 8. The highest BCUT2D eigenvalue weighted by Crippen LogP contribution is 2.14. The molecule has 142 valence electrons. The lowest BCUT2D eigenvalue weighted by Gasteiger charge is -2.25. The van der Waals surface area contributed by atoms with Crippen LogP contribution in [0.25, 0.3) is 0 Å². The molecule has 1 aromatic carbocycles. The van der Waals surface area contributed by atoms with Crippen LogP contribution in [0.1, 0.15) is 16.8 Å². The summed E-state index contributed by atoms with van der Waals surface area (Å²) in [4.78, 5) is 21.4. The van der Waals surface area contributed by atoms with Crippen molar-refractivity contribution in [3.05, 3.63) is 74.3 Å². The average molecular weight is 385 g/mol. The molecule has 7 heteroatoms. The molecule has 0 aliphatic carbocycles. The molecule has 0 bridgehead atoms. The Kier molecular flexibility index (Phi) is 6.26. The minimum atomic E-state index is -0.155. The second-order valence-electron chi connectivity index (χ2n) is 6.76. The van der Waals surface area contributed by atoms with E-state index in [1.165, 1.54) is 0 Å². The monoisotopic (exact) mass is 384 g/mol. The number of hydrogen-bond donors (Lipinski definition) is 3. The number of thiophene rings is 1. The highest BCUT2D eigenvalue weighted by Gasteiger charge is 2.13. The van der Waals surface area contributed by atoms with Gasteiger partial charge < -0.3 is 15.3 Å². The molecule has 1 unspecified atom stereocenters. The van der Waals surface area contributed by atoms with E-state index in [0.717, 1.165) is 23.2 Å². The first-order chi connectivity index (χ1) is 13.0. The Balaban J connectivity index is 1.66. The van der Waals surface area contributed by atoms with Crippen molar-refractivity contribution in [2.75, 3.05) is 26.0 Å². The lowest BCUT2D eigenvalue weighted by molar-refractivity contribution is 0.303. The minimum Gasteiger partial charge on any atom is -0.508 e. The molecule has 2 heterocycles. The van der Waals surface area contributed by atoms with Gasteiger partial charge in [-0.05, 0) is 60.6 Å². The van der Waals surface area contributed by atoms with Crippen molar-refractivity contribution in [3.8, 4) is 5.75 Å². The molecule has 0 aliphatic rings. The molecule has 1 atom stereocenters. The molecule has 27 heavy (non-hydrogen) atoms. The van der Waals surface area contributed by atoms with Gasteiger partial charge in [-0.25, -0.2) is 4.98 Å². The fraction of sp³-hybridized carbons (Fsp3) is 0.300. The zero-order chi connectivity index (χ0) is 19.2. The van der Waals surface area contributed by atoms with Gasteiger partial charge in [0.1, 0.15) is 5.75 Å². The normalized spacial score (nSPS) is 12.3. The van der Waals surface area contributed by atoms with E-state index in [0.29, 0.717) is 18.9 Å². The molecule has 0 fully saturated rings. The van der Waals surface area contributed by atoms with E-state index >= 15 is 0 Å². The van der Waals surface area contributed by atoms with Crippen molar-refractivity contribution in [1.82, 2.24) is 14.9 Å². The summed E-state index contributed by atoms with van der Waals surface area (Å²) < 4.78 is 0. The second kappa shape index (κ2) is 8.83. The van der Waals surface area contributed by atoms with Gasteiger partial charge in [-0.2, -0.15) is 11.3 Å². The number of nitrogens with one attached hydrogen (secondary N) is 2. The number of likely N-dealkylation sites (N-methyl/N-ethyl adjacent to an activating group) is 1. The summed E-state index contributed by atoms with van der Waals surface area (Å²) in [5, 5.41) is 16.8. The lowest BCUT2D eigenvalue weighted by atomic mass is 10.1. The van der Waals surface area contributed by atoms with E-state index < -0.39 is 0 Å². The topological polar surface area (TPSA) is 81.2 Å². The number of nitrogens with zero attached hydrogens (tertiary/aromatic N) is 2. The molecule has 2 aromatic heterocycles. The molecule has 0 saturated heterocycles. The summed E-state index contributed by atoms with van der Waals surface area (Å²) in [5.74, 6) is 0.757. The van der Waals surface area contributed by atoms with Gasteiger partial charge in [-0.3, -0.25) is 9.78 Å². The smallest absolute Gasteiger partial charge is 0.252 e. The van der Waals surface area contributed by atoms with Crippen LogP contribution in [0.15, 0.2) is 52.0 Å². The fourth-order valence-electron chi connectivity index (χ4n) is 2.84. The van der Waals surface area contributed by atoms with Crippen LogP contribution in [0, 0.1) is 0 Å². The van der Waals surface area contributed by atoms with Crippen LogP contribution in [-0.4, -0.2) is 46.7 Å². The molecule has 3 N–H and O–H groups in total. The molecule has 0 radical (unpaired) electrons. The number of hydrogen-bond acceptors (Lipinski definition) is 6. The van der Waals surface area contributed by atoms with E-state index in [1.54, 1.807) is 29.5 Å². The van der Waals surface area contributed by atoms with Crippen molar-refractivity contribution >= 4 is 17.3 Å². The van der Waals surface area contributed by atoms with Crippen molar-refractivity contribution in [2.24, 2.45) is 0 Å². The molecule has 0 saturated carbocycles. The van der Waals surface area contributed by atoms with E-state index in [1.807, 2.05) is 37.7 Å². The van der Waals surface area contributed by atoms with Crippen LogP contribution in [0.2, 0.25) is 0 Å². The van der Waals surface area contributed by atoms with E-state index in [-0.39, 0.29) is 17.4 Å². The summed E-state index contributed by atoms with van der Waals surface area (Å²) in [6.07, 6.45) is 1.46. The summed E-state index contributed by atoms with van der Waals surface area (Å²) in [7, 11) is 4.05. The number of aromatic nitrogens is 2. The van der Waals surface area contributed by atoms with Crippen LogP contribution in [-0.2, 0) is 12.8 Å². The first-order valence-electron chi connectivity index (χ1n) is 8.79. The lowest BCUT2D eigenvalue weighted by Crippen LogP contribution is -2.37. The maximum atomic E-state index is 12.0. The number of H-pyrrole nitrogens is 1. The van der Waals surface area contributed by atoms with E-state index in [9.17, 15) is 9.90 Å². The van der Waals surface area contributed by atoms with Crippen molar-refractivity contribution in [1.29, 1.82) is 0 Å². The summed E-state index contributed by atoms with van der Waals surface area (Å²) in [6, 6.07) is 11.0. The van der Waals surface area contributed by atoms with Gasteiger partial charge in [0.2, 0.25) is 5.95 Å². The first kappa shape index (κ1) is 19.1. The zero-order valence-corrected chi connectivity index (χ0v) is 16.3. The SMILES string of the molecule is CN(C)C(CNc1nc(Cc2ccsc2)cc(=O)[nH]1)Cc1ccc(O)cc1.